The summed E-state index contributed by atoms with van der Waals surface area (Å²) in [6.07, 6.45) is 0. The van der Waals surface area contributed by atoms with E-state index in [0.29, 0.717) is 5.56 Å². The van der Waals surface area contributed by atoms with Crippen molar-refractivity contribution in [1.82, 2.24) is 4.90 Å². The number of hydrogen-bond acceptors (Lipinski definition) is 2. The van der Waals surface area contributed by atoms with Crippen molar-refractivity contribution in [2.75, 3.05) is 38.1 Å². The highest BCUT2D eigenvalue weighted by atomic mass is 19.1. The maximum Gasteiger partial charge on any atom is 0.133 e. The van der Waals surface area contributed by atoms with Gasteiger partial charge in [0.25, 0.3) is 0 Å². The van der Waals surface area contributed by atoms with Gasteiger partial charge in [-0.25, -0.2) is 8.78 Å². The van der Waals surface area contributed by atoms with Gasteiger partial charge in [-0.15, -0.1) is 0 Å². The fourth-order valence-corrected chi connectivity index (χ4v) is 2.70. The quantitative estimate of drug-likeness (QED) is 0.836. The summed E-state index contributed by atoms with van der Waals surface area (Å²) in [6.45, 7) is 3.86. The number of nitrogens with zero attached hydrogens (tertiary/aromatic N) is 2. The van der Waals surface area contributed by atoms with E-state index in [0.717, 1.165) is 31.9 Å². The van der Waals surface area contributed by atoms with Crippen molar-refractivity contribution in [3.63, 3.8) is 0 Å². The fraction of sp³-hybridized carbons (Fsp3) is 0.294. The van der Waals surface area contributed by atoms with Crippen LogP contribution in [0.1, 0.15) is 0 Å². The Morgan fingerprint density at radius 3 is 2.14 bits per heavy atom. The topological polar surface area (TPSA) is 6.48 Å². The molecule has 0 spiro atoms. The van der Waals surface area contributed by atoms with Crippen LogP contribution in [-0.4, -0.2) is 38.1 Å². The van der Waals surface area contributed by atoms with Crippen LogP contribution in [-0.2, 0) is 0 Å². The zero-order valence-corrected chi connectivity index (χ0v) is 12.0. The molecule has 0 bridgehead atoms. The van der Waals surface area contributed by atoms with Crippen molar-refractivity contribution in [3.05, 3.63) is 54.1 Å². The molecule has 2 aromatic rings. The van der Waals surface area contributed by atoms with Gasteiger partial charge in [0.05, 0.1) is 5.56 Å². The van der Waals surface area contributed by atoms with Gasteiger partial charge in [0.2, 0.25) is 0 Å². The first-order valence-electron chi connectivity index (χ1n) is 7.13. The average molecular weight is 288 g/mol. The molecule has 1 heterocycles. The molecule has 4 heteroatoms. The minimum Gasteiger partial charge on any atom is -0.369 e. The Hall–Kier alpha value is -1.94. The SMILES string of the molecule is CN1CCN(c2cccc(-c3c(F)cccc3F)c2)CC1. The summed E-state index contributed by atoms with van der Waals surface area (Å²) in [5.74, 6) is -1.05. The Bertz CT molecular complexity index is 614. The van der Waals surface area contributed by atoms with Crippen LogP contribution in [0.25, 0.3) is 11.1 Å². The molecule has 1 saturated heterocycles. The van der Waals surface area contributed by atoms with Crippen LogP contribution in [0.5, 0.6) is 0 Å². The van der Waals surface area contributed by atoms with Gasteiger partial charge >= 0.3 is 0 Å². The lowest BCUT2D eigenvalue weighted by Gasteiger charge is -2.34. The summed E-state index contributed by atoms with van der Waals surface area (Å²) in [4.78, 5) is 4.53. The maximum atomic E-state index is 13.9. The lowest BCUT2D eigenvalue weighted by atomic mass is 10.0. The fourth-order valence-electron chi connectivity index (χ4n) is 2.70. The van der Waals surface area contributed by atoms with Crippen molar-refractivity contribution < 1.29 is 8.78 Å². The summed E-state index contributed by atoms with van der Waals surface area (Å²) in [6, 6.07) is 11.4. The van der Waals surface area contributed by atoms with Gasteiger partial charge in [-0.2, -0.15) is 0 Å². The molecule has 0 unspecified atom stereocenters. The first-order chi connectivity index (χ1) is 10.1. The summed E-state index contributed by atoms with van der Waals surface area (Å²) in [5.41, 5.74) is 1.65. The van der Waals surface area contributed by atoms with Crippen molar-refractivity contribution in [1.29, 1.82) is 0 Å². The van der Waals surface area contributed by atoms with Crippen LogP contribution in [0.15, 0.2) is 42.5 Å². The summed E-state index contributed by atoms with van der Waals surface area (Å²) in [5, 5.41) is 0. The number of anilines is 1. The molecule has 2 nitrogen and oxygen atoms in total. The molecule has 21 heavy (non-hydrogen) atoms. The minimum absolute atomic E-state index is 0.0495. The highest BCUT2D eigenvalue weighted by molar-refractivity contribution is 5.69. The molecular weight excluding hydrogens is 270 g/mol. The van der Waals surface area contributed by atoms with Gasteiger partial charge in [0.1, 0.15) is 11.6 Å². The van der Waals surface area contributed by atoms with Crippen LogP contribution in [0, 0.1) is 11.6 Å². The van der Waals surface area contributed by atoms with Crippen LogP contribution in [0.4, 0.5) is 14.5 Å². The molecule has 1 fully saturated rings. The van der Waals surface area contributed by atoms with E-state index < -0.39 is 11.6 Å². The van der Waals surface area contributed by atoms with Gasteiger partial charge in [-0.05, 0) is 36.9 Å². The molecule has 0 amide bonds. The Kier molecular flexibility index (Phi) is 3.88. The Balaban J connectivity index is 1.93. The van der Waals surface area contributed by atoms with Gasteiger partial charge in [-0.3, -0.25) is 0 Å². The molecule has 0 saturated carbocycles. The number of piperazine rings is 1. The monoisotopic (exact) mass is 288 g/mol. The van der Waals surface area contributed by atoms with E-state index in [9.17, 15) is 8.78 Å². The van der Waals surface area contributed by atoms with E-state index in [1.54, 1.807) is 6.07 Å². The second-order valence-corrected chi connectivity index (χ2v) is 5.44. The third kappa shape index (κ3) is 2.90. The smallest absolute Gasteiger partial charge is 0.133 e. The lowest BCUT2D eigenvalue weighted by molar-refractivity contribution is 0.313. The number of halogens is 2. The zero-order valence-electron chi connectivity index (χ0n) is 12.0. The number of likely N-dealkylation sites (N-methyl/N-ethyl adjacent to an activating group) is 1. The molecule has 110 valence electrons. The maximum absolute atomic E-state index is 13.9. The van der Waals surface area contributed by atoms with E-state index in [4.69, 9.17) is 0 Å². The molecule has 0 aromatic heterocycles. The Morgan fingerprint density at radius 2 is 1.48 bits per heavy atom. The van der Waals surface area contributed by atoms with E-state index in [1.807, 2.05) is 18.2 Å². The van der Waals surface area contributed by atoms with Crippen LogP contribution in [0.2, 0.25) is 0 Å². The van der Waals surface area contributed by atoms with Crippen LogP contribution < -0.4 is 4.90 Å². The molecule has 0 N–H and O–H groups in total. The third-order valence-electron chi connectivity index (χ3n) is 3.97. The number of rotatable bonds is 2. The third-order valence-corrected chi connectivity index (χ3v) is 3.97. The van der Waals surface area contributed by atoms with E-state index in [2.05, 4.69) is 16.8 Å². The zero-order chi connectivity index (χ0) is 14.8. The van der Waals surface area contributed by atoms with Gasteiger partial charge in [-0.1, -0.05) is 18.2 Å². The Morgan fingerprint density at radius 1 is 0.857 bits per heavy atom. The molecule has 1 aliphatic rings. The first kappa shape index (κ1) is 14.0. The normalized spacial score (nSPS) is 16.2. The van der Waals surface area contributed by atoms with E-state index in [-0.39, 0.29) is 5.56 Å². The van der Waals surface area contributed by atoms with Crippen LogP contribution >= 0.6 is 0 Å². The number of benzene rings is 2. The molecule has 3 rings (SSSR count). The largest absolute Gasteiger partial charge is 0.369 e. The average Bonchev–Trinajstić information content (AvgIpc) is 2.48. The van der Waals surface area contributed by atoms with Crippen molar-refractivity contribution in [3.8, 4) is 11.1 Å². The highest BCUT2D eigenvalue weighted by Gasteiger charge is 2.16. The molecule has 2 aromatic carbocycles. The van der Waals surface area contributed by atoms with E-state index >= 15 is 0 Å². The van der Waals surface area contributed by atoms with Gasteiger partial charge in [0, 0.05) is 31.9 Å². The van der Waals surface area contributed by atoms with Gasteiger partial charge < -0.3 is 9.80 Å². The molecule has 1 aliphatic heterocycles. The standard InChI is InChI=1S/C17H18F2N2/c1-20-8-10-21(11-9-20)14-5-2-4-13(12-14)17-15(18)6-3-7-16(17)19/h2-7,12H,8-11H2,1H3. The van der Waals surface area contributed by atoms with Crippen molar-refractivity contribution in [2.24, 2.45) is 0 Å². The summed E-state index contributed by atoms with van der Waals surface area (Å²) < 4.78 is 27.8. The molecular formula is C17H18F2N2. The second-order valence-electron chi connectivity index (χ2n) is 5.44. The molecule has 0 aliphatic carbocycles. The van der Waals surface area contributed by atoms with E-state index in [1.165, 1.54) is 18.2 Å². The minimum atomic E-state index is -0.523. The lowest BCUT2D eigenvalue weighted by Crippen LogP contribution is -2.44. The molecule has 0 radical (unpaired) electrons. The predicted molar refractivity (Wildman–Crippen MR) is 81.5 cm³/mol. The molecule has 0 atom stereocenters. The summed E-state index contributed by atoms with van der Waals surface area (Å²) in [7, 11) is 2.10. The first-order valence-corrected chi connectivity index (χ1v) is 7.13. The van der Waals surface area contributed by atoms with Crippen molar-refractivity contribution >= 4 is 5.69 Å². The number of hydrogen-bond donors (Lipinski definition) is 0. The predicted octanol–water partition coefficient (Wildman–Crippen LogP) is 3.38. The second kappa shape index (κ2) is 5.82. The van der Waals surface area contributed by atoms with Crippen LogP contribution in [0.3, 0.4) is 0 Å². The highest BCUT2D eigenvalue weighted by Crippen LogP contribution is 2.29. The van der Waals surface area contributed by atoms with Crippen molar-refractivity contribution in [2.45, 2.75) is 0 Å². The summed E-state index contributed by atoms with van der Waals surface area (Å²) >= 11 is 0. The van der Waals surface area contributed by atoms with Gasteiger partial charge in [0.15, 0.2) is 0 Å². The Labute approximate surface area is 123 Å².